The Bertz CT molecular complexity index is 817. The van der Waals surface area contributed by atoms with Gasteiger partial charge in [0.05, 0.1) is 6.10 Å². The molecular formula is C18H18N2OS2. The zero-order valence-corrected chi connectivity index (χ0v) is 14.4. The van der Waals surface area contributed by atoms with Crippen molar-refractivity contribution in [2.75, 3.05) is 5.75 Å². The molecule has 1 unspecified atom stereocenters. The fourth-order valence-electron chi connectivity index (χ4n) is 3.10. The number of aliphatic hydroxyl groups is 1. The van der Waals surface area contributed by atoms with Gasteiger partial charge in [0, 0.05) is 16.0 Å². The quantitative estimate of drug-likeness (QED) is 0.564. The average Bonchev–Trinajstić information content (AvgIpc) is 2.99. The summed E-state index contributed by atoms with van der Waals surface area (Å²) in [4.78, 5) is 11.5. The molecule has 3 aromatic rings. The fourth-order valence-corrected chi connectivity index (χ4v) is 5.39. The van der Waals surface area contributed by atoms with Crippen LogP contribution in [0.25, 0.3) is 10.2 Å². The summed E-state index contributed by atoms with van der Waals surface area (Å²) in [6.07, 6.45) is 6.03. The van der Waals surface area contributed by atoms with Crippen LogP contribution in [0.5, 0.6) is 0 Å². The first-order valence-corrected chi connectivity index (χ1v) is 9.74. The summed E-state index contributed by atoms with van der Waals surface area (Å²) < 4.78 is 0. The molecule has 0 aliphatic heterocycles. The zero-order chi connectivity index (χ0) is 15.6. The minimum absolute atomic E-state index is 0.472. The maximum Gasteiger partial charge on any atom is 0.128 e. The number of aliphatic hydroxyl groups excluding tert-OH is 1. The van der Waals surface area contributed by atoms with Crippen molar-refractivity contribution in [3.05, 3.63) is 52.7 Å². The molecule has 1 aromatic carbocycles. The van der Waals surface area contributed by atoms with Crippen molar-refractivity contribution in [3.63, 3.8) is 0 Å². The van der Waals surface area contributed by atoms with Gasteiger partial charge in [-0.05, 0) is 36.8 Å². The number of hydrogen-bond donors (Lipinski definition) is 1. The highest BCUT2D eigenvalue weighted by Crippen LogP contribution is 2.39. The largest absolute Gasteiger partial charge is 0.388 e. The Labute approximate surface area is 143 Å². The maximum absolute atomic E-state index is 10.4. The number of thiophene rings is 1. The Hall–Kier alpha value is -1.43. The topological polar surface area (TPSA) is 46.0 Å². The SMILES string of the molecule is OC(CSc1ncnc2sc3c(c12)CCCC3)c1ccccc1. The number of fused-ring (bicyclic) bond motifs is 3. The summed E-state index contributed by atoms with van der Waals surface area (Å²) in [5.74, 6) is 0.612. The molecule has 0 amide bonds. The minimum atomic E-state index is -0.472. The van der Waals surface area contributed by atoms with Crippen LogP contribution in [-0.2, 0) is 12.8 Å². The molecule has 1 aliphatic rings. The van der Waals surface area contributed by atoms with Crippen LogP contribution in [-0.4, -0.2) is 20.8 Å². The molecule has 0 fully saturated rings. The first-order chi connectivity index (χ1) is 11.3. The molecule has 5 heteroatoms. The summed E-state index contributed by atoms with van der Waals surface area (Å²) >= 11 is 3.45. The van der Waals surface area contributed by atoms with Crippen molar-refractivity contribution in [3.8, 4) is 0 Å². The lowest BCUT2D eigenvalue weighted by Crippen LogP contribution is -2.02. The van der Waals surface area contributed by atoms with Crippen LogP contribution in [0.4, 0.5) is 0 Å². The van der Waals surface area contributed by atoms with E-state index in [-0.39, 0.29) is 0 Å². The van der Waals surface area contributed by atoms with Crippen molar-refractivity contribution in [1.29, 1.82) is 0 Å². The summed E-state index contributed by atoms with van der Waals surface area (Å²) in [5, 5.41) is 12.6. The van der Waals surface area contributed by atoms with Gasteiger partial charge in [-0.15, -0.1) is 23.1 Å². The molecule has 2 aromatic heterocycles. The van der Waals surface area contributed by atoms with Gasteiger partial charge in [-0.1, -0.05) is 30.3 Å². The first-order valence-electron chi connectivity index (χ1n) is 7.94. The highest BCUT2D eigenvalue weighted by atomic mass is 32.2. The second kappa shape index (κ2) is 6.59. The molecule has 118 valence electrons. The van der Waals surface area contributed by atoms with Gasteiger partial charge in [0.1, 0.15) is 16.2 Å². The van der Waals surface area contributed by atoms with E-state index in [0.29, 0.717) is 5.75 Å². The van der Waals surface area contributed by atoms with Crippen molar-refractivity contribution in [1.82, 2.24) is 9.97 Å². The second-order valence-electron chi connectivity index (χ2n) is 5.81. The maximum atomic E-state index is 10.4. The summed E-state index contributed by atoms with van der Waals surface area (Å²) in [6, 6.07) is 9.82. The first kappa shape index (κ1) is 15.1. The number of nitrogens with zero attached hydrogens (tertiary/aromatic N) is 2. The number of aryl methyl sites for hydroxylation is 2. The van der Waals surface area contributed by atoms with E-state index < -0.39 is 6.10 Å². The number of hydrogen-bond acceptors (Lipinski definition) is 5. The molecule has 3 nitrogen and oxygen atoms in total. The van der Waals surface area contributed by atoms with Gasteiger partial charge in [-0.3, -0.25) is 0 Å². The molecule has 0 saturated carbocycles. The zero-order valence-electron chi connectivity index (χ0n) is 12.7. The Morgan fingerprint density at radius 2 is 1.96 bits per heavy atom. The van der Waals surface area contributed by atoms with E-state index in [1.807, 2.05) is 41.7 Å². The average molecular weight is 342 g/mol. The highest BCUT2D eigenvalue weighted by Gasteiger charge is 2.20. The molecule has 2 heterocycles. The molecule has 1 aliphatic carbocycles. The summed E-state index contributed by atoms with van der Waals surface area (Å²) in [5.41, 5.74) is 2.41. The van der Waals surface area contributed by atoms with E-state index in [1.54, 1.807) is 18.1 Å². The van der Waals surface area contributed by atoms with Crippen molar-refractivity contribution >= 4 is 33.3 Å². The molecule has 0 saturated heterocycles. The van der Waals surface area contributed by atoms with E-state index >= 15 is 0 Å². The van der Waals surface area contributed by atoms with Crippen LogP contribution in [0.3, 0.4) is 0 Å². The molecule has 23 heavy (non-hydrogen) atoms. The third-order valence-electron chi connectivity index (χ3n) is 4.28. The van der Waals surface area contributed by atoms with Crippen LogP contribution in [0.2, 0.25) is 0 Å². The third-order valence-corrected chi connectivity index (χ3v) is 6.54. The lowest BCUT2D eigenvalue weighted by molar-refractivity contribution is 0.204. The third kappa shape index (κ3) is 3.01. The predicted molar refractivity (Wildman–Crippen MR) is 96.2 cm³/mol. The van der Waals surface area contributed by atoms with Gasteiger partial charge >= 0.3 is 0 Å². The van der Waals surface area contributed by atoms with Crippen molar-refractivity contribution < 1.29 is 5.11 Å². The van der Waals surface area contributed by atoms with Gasteiger partial charge in [-0.25, -0.2) is 9.97 Å². The van der Waals surface area contributed by atoms with E-state index in [0.717, 1.165) is 21.8 Å². The second-order valence-corrected chi connectivity index (χ2v) is 7.90. The van der Waals surface area contributed by atoms with E-state index in [4.69, 9.17) is 0 Å². The standard InChI is InChI=1S/C18H18N2OS2/c21-14(12-6-2-1-3-7-12)10-22-17-16-13-8-4-5-9-15(13)23-18(16)20-11-19-17/h1-3,6-7,11,14,21H,4-5,8-10H2. The van der Waals surface area contributed by atoms with E-state index in [2.05, 4.69) is 9.97 Å². The van der Waals surface area contributed by atoms with Crippen LogP contribution in [0, 0.1) is 0 Å². The molecule has 1 atom stereocenters. The smallest absolute Gasteiger partial charge is 0.128 e. The molecule has 0 bridgehead atoms. The van der Waals surface area contributed by atoms with Gasteiger partial charge < -0.3 is 5.11 Å². The molecular weight excluding hydrogens is 324 g/mol. The Balaban J connectivity index is 1.60. The van der Waals surface area contributed by atoms with Gasteiger partial charge in [0.2, 0.25) is 0 Å². The highest BCUT2D eigenvalue weighted by molar-refractivity contribution is 7.99. The van der Waals surface area contributed by atoms with Crippen molar-refractivity contribution in [2.24, 2.45) is 0 Å². The Morgan fingerprint density at radius 3 is 2.83 bits per heavy atom. The van der Waals surface area contributed by atoms with Gasteiger partial charge in [-0.2, -0.15) is 0 Å². The lowest BCUT2D eigenvalue weighted by atomic mass is 9.97. The molecule has 0 spiro atoms. The van der Waals surface area contributed by atoms with Gasteiger partial charge in [0.15, 0.2) is 0 Å². The number of rotatable bonds is 4. The molecule has 1 N–H and O–H groups in total. The van der Waals surface area contributed by atoms with Gasteiger partial charge in [0.25, 0.3) is 0 Å². The summed E-state index contributed by atoms with van der Waals surface area (Å²) in [7, 11) is 0. The summed E-state index contributed by atoms with van der Waals surface area (Å²) in [6.45, 7) is 0. The Morgan fingerprint density at radius 1 is 1.13 bits per heavy atom. The Kier molecular flexibility index (Phi) is 4.33. The van der Waals surface area contributed by atoms with Crippen LogP contribution < -0.4 is 0 Å². The normalized spacial score (nSPS) is 15.5. The number of aromatic nitrogens is 2. The van der Waals surface area contributed by atoms with Crippen LogP contribution >= 0.6 is 23.1 Å². The van der Waals surface area contributed by atoms with E-state index in [9.17, 15) is 5.11 Å². The van der Waals surface area contributed by atoms with E-state index in [1.165, 1.54) is 35.1 Å². The van der Waals surface area contributed by atoms with Crippen molar-refractivity contribution in [2.45, 2.75) is 36.8 Å². The fraction of sp³-hybridized carbons (Fsp3) is 0.333. The lowest BCUT2D eigenvalue weighted by Gasteiger charge is -2.13. The molecule has 4 rings (SSSR count). The van der Waals surface area contributed by atoms with Crippen LogP contribution in [0.1, 0.15) is 34.9 Å². The molecule has 0 radical (unpaired) electrons. The number of benzene rings is 1. The monoisotopic (exact) mass is 342 g/mol. The predicted octanol–water partition coefficient (Wildman–Crippen LogP) is 4.40. The minimum Gasteiger partial charge on any atom is -0.388 e. The van der Waals surface area contributed by atoms with Crippen LogP contribution in [0.15, 0.2) is 41.7 Å². The number of thioether (sulfide) groups is 1.